The molecule has 31 heavy (non-hydrogen) atoms. The van der Waals surface area contributed by atoms with Crippen molar-refractivity contribution in [2.24, 2.45) is 11.3 Å². The first-order chi connectivity index (χ1) is 14.7. The topological polar surface area (TPSA) is 78.5 Å². The van der Waals surface area contributed by atoms with Gasteiger partial charge in [-0.2, -0.15) is 0 Å². The molecule has 0 radical (unpaired) electrons. The van der Waals surface area contributed by atoms with E-state index in [1.54, 1.807) is 29.2 Å². The zero-order valence-electron chi connectivity index (χ0n) is 18.5. The third-order valence-corrected chi connectivity index (χ3v) is 5.51. The van der Waals surface area contributed by atoms with E-state index in [1.807, 2.05) is 51.1 Å². The number of hydrogen-bond acceptors (Lipinski definition) is 3. The summed E-state index contributed by atoms with van der Waals surface area (Å²) in [6.45, 7) is 7.14. The molecule has 0 aromatic heterocycles. The van der Waals surface area contributed by atoms with E-state index in [-0.39, 0.29) is 23.6 Å². The van der Waals surface area contributed by atoms with Crippen LogP contribution in [0.15, 0.2) is 54.6 Å². The molecule has 0 unspecified atom stereocenters. The Labute approximate surface area is 184 Å². The molecule has 2 aromatic rings. The molecule has 0 aliphatic carbocycles. The van der Waals surface area contributed by atoms with Crippen LogP contribution in [0.3, 0.4) is 0 Å². The van der Waals surface area contributed by atoms with Crippen LogP contribution < -0.4 is 10.6 Å². The van der Waals surface area contributed by atoms with Crippen LogP contribution in [0.2, 0.25) is 0 Å². The second kappa shape index (κ2) is 9.77. The van der Waals surface area contributed by atoms with Crippen LogP contribution >= 0.6 is 0 Å². The lowest BCUT2D eigenvalue weighted by Crippen LogP contribution is -2.43. The van der Waals surface area contributed by atoms with Gasteiger partial charge >= 0.3 is 0 Å². The van der Waals surface area contributed by atoms with Crippen LogP contribution in [-0.4, -0.2) is 35.7 Å². The molecule has 1 saturated heterocycles. The van der Waals surface area contributed by atoms with Crippen LogP contribution in [0.25, 0.3) is 0 Å². The van der Waals surface area contributed by atoms with Gasteiger partial charge in [0.25, 0.3) is 5.91 Å². The fraction of sp³-hybridized carbons (Fsp3) is 0.400. The largest absolute Gasteiger partial charge is 0.352 e. The highest BCUT2D eigenvalue weighted by Crippen LogP contribution is 2.22. The van der Waals surface area contributed by atoms with Crippen molar-refractivity contribution >= 4 is 23.4 Å². The van der Waals surface area contributed by atoms with Gasteiger partial charge in [0.2, 0.25) is 11.8 Å². The summed E-state index contributed by atoms with van der Waals surface area (Å²) in [5.41, 5.74) is 1.71. The highest BCUT2D eigenvalue weighted by atomic mass is 16.2. The second-order valence-corrected chi connectivity index (χ2v) is 9.05. The molecule has 1 aliphatic heterocycles. The molecule has 3 rings (SSSR count). The van der Waals surface area contributed by atoms with Crippen molar-refractivity contribution in [1.29, 1.82) is 0 Å². The Morgan fingerprint density at radius 1 is 0.968 bits per heavy atom. The number of piperidine rings is 1. The van der Waals surface area contributed by atoms with Crippen molar-refractivity contribution in [2.75, 3.05) is 18.4 Å². The number of hydrogen-bond donors (Lipinski definition) is 2. The molecule has 2 aromatic carbocycles. The van der Waals surface area contributed by atoms with Crippen LogP contribution in [0, 0.1) is 11.3 Å². The standard InChI is InChI=1S/C25H31N3O3/c1-25(2,3)24(31)27-21-11-7-10-20(16-21)23(30)28-14-12-19(13-15-28)22(29)26-17-18-8-5-4-6-9-18/h4-11,16,19H,12-15,17H2,1-3H3,(H,26,29)(H,27,31). The van der Waals surface area contributed by atoms with Gasteiger partial charge in [0.1, 0.15) is 0 Å². The molecule has 0 atom stereocenters. The Bertz CT molecular complexity index is 927. The first-order valence-corrected chi connectivity index (χ1v) is 10.8. The molecule has 6 nitrogen and oxygen atoms in total. The highest BCUT2D eigenvalue weighted by Gasteiger charge is 2.28. The number of nitrogens with one attached hydrogen (secondary N) is 2. The van der Waals surface area contributed by atoms with Crippen molar-refractivity contribution in [1.82, 2.24) is 10.2 Å². The second-order valence-electron chi connectivity index (χ2n) is 9.05. The van der Waals surface area contributed by atoms with Gasteiger partial charge in [-0.05, 0) is 36.6 Å². The molecule has 1 heterocycles. The molecule has 2 N–H and O–H groups in total. The normalized spacial score (nSPS) is 14.7. The van der Waals surface area contributed by atoms with Gasteiger partial charge in [0.05, 0.1) is 0 Å². The molecule has 1 aliphatic rings. The maximum absolute atomic E-state index is 12.9. The smallest absolute Gasteiger partial charge is 0.253 e. The van der Waals surface area contributed by atoms with E-state index in [0.717, 1.165) is 5.56 Å². The van der Waals surface area contributed by atoms with Crippen molar-refractivity contribution in [3.05, 3.63) is 65.7 Å². The third kappa shape index (κ3) is 6.17. The molecule has 0 bridgehead atoms. The number of likely N-dealkylation sites (tertiary alicyclic amines) is 1. The van der Waals surface area contributed by atoms with Crippen LogP contribution in [0.5, 0.6) is 0 Å². The monoisotopic (exact) mass is 421 g/mol. The molecule has 6 heteroatoms. The summed E-state index contributed by atoms with van der Waals surface area (Å²) < 4.78 is 0. The Kier molecular flexibility index (Phi) is 7.10. The Morgan fingerprint density at radius 3 is 2.29 bits per heavy atom. The summed E-state index contributed by atoms with van der Waals surface area (Å²) in [6.07, 6.45) is 1.29. The Balaban J connectivity index is 1.52. The average Bonchev–Trinajstić information content (AvgIpc) is 2.77. The first kappa shape index (κ1) is 22.5. The maximum atomic E-state index is 12.9. The number of rotatable bonds is 5. The number of amides is 3. The van der Waals surface area contributed by atoms with Crippen molar-refractivity contribution in [2.45, 2.75) is 40.2 Å². The highest BCUT2D eigenvalue weighted by molar-refractivity contribution is 5.98. The molecule has 3 amide bonds. The summed E-state index contributed by atoms with van der Waals surface area (Å²) in [6, 6.07) is 16.9. The number of anilines is 1. The van der Waals surface area contributed by atoms with E-state index < -0.39 is 5.41 Å². The predicted octanol–water partition coefficient (Wildman–Crippen LogP) is 3.84. The Hall–Kier alpha value is -3.15. The number of carbonyl (C=O) groups excluding carboxylic acids is 3. The molecule has 164 valence electrons. The SMILES string of the molecule is CC(C)(C)C(=O)Nc1cccc(C(=O)N2CCC(C(=O)NCc3ccccc3)CC2)c1. The summed E-state index contributed by atoms with van der Waals surface area (Å²) in [5.74, 6) is -0.206. The van der Waals surface area contributed by atoms with E-state index in [1.165, 1.54) is 0 Å². The van der Waals surface area contributed by atoms with Crippen molar-refractivity contribution in [3.63, 3.8) is 0 Å². The fourth-order valence-corrected chi connectivity index (χ4v) is 3.51. The van der Waals surface area contributed by atoms with E-state index in [9.17, 15) is 14.4 Å². The quantitative estimate of drug-likeness (QED) is 0.770. The van der Waals surface area contributed by atoms with Gasteiger partial charge in [-0.3, -0.25) is 14.4 Å². The van der Waals surface area contributed by atoms with Gasteiger partial charge in [-0.1, -0.05) is 57.2 Å². The minimum absolute atomic E-state index is 0.0443. The van der Waals surface area contributed by atoms with Crippen molar-refractivity contribution in [3.8, 4) is 0 Å². The van der Waals surface area contributed by atoms with Crippen LogP contribution in [0.4, 0.5) is 5.69 Å². The lowest BCUT2D eigenvalue weighted by atomic mass is 9.95. The minimum Gasteiger partial charge on any atom is -0.352 e. The molecule has 0 spiro atoms. The zero-order valence-corrected chi connectivity index (χ0v) is 18.5. The average molecular weight is 422 g/mol. The summed E-state index contributed by atoms with van der Waals surface area (Å²) in [4.78, 5) is 39.4. The molecular weight excluding hydrogens is 390 g/mol. The van der Waals surface area contributed by atoms with Crippen molar-refractivity contribution < 1.29 is 14.4 Å². The Morgan fingerprint density at radius 2 is 1.65 bits per heavy atom. The zero-order chi connectivity index (χ0) is 22.4. The lowest BCUT2D eigenvalue weighted by molar-refractivity contribution is -0.126. The minimum atomic E-state index is -0.511. The molecular formula is C25H31N3O3. The first-order valence-electron chi connectivity index (χ1n) is 10.8. The number of nitrogens with zero attached hydrogens (tertiary/aromatic N) is 1. The maximum Gasteiger partial charge on any atom is 0.253 e. The summed E-state index contributed by atoms with van der Waals surface area (Å²) >= 11 is 0. The summed E-state index contributed by atoms with van der Waals surface area (Å²) in [7, 11) is 0. The fourth-order valence-electron chi connectivity index (χ4n) is 3.51. The van der Waals surface area contributed by atoms with Gasteiger partial charge < -0.3 is 15.5 Å². The van der Waals surface area contributed by atoms with E-state index in [2.05, 4.69) is 10.6 Å². The van der Waals surface area contributed by atoms with Crippen LogP contribution in [0.1, 0.15) is 49.5 Å². The number of benzene rings is 2. The van der Waals surface area contributed by atoms with E-state index in [4.69, 9.17) is 0 Å². The molecule has 0 saturated carbocycles. The van der Waals surface area contributed by atoms with Gasteiger partial charge in [0, 0.05) is 42.2 Å². The van der Waals surface area contributed by atoms with Crippen LogP contribution in [-0.2, 0) is 16.1 Å². The lowest BCUT2D eigenvalue weighted by Gasteiger charge is -2.31. The van der Waals surface area contributed by atoms with Gasteiger partial charge in [-0.15, -0.1) is 0 Å². The van der Waals surface area contributed by atoms with E-state index >= 15 is 0 Å². The van der Waals surface area contributed by atoms with Gasteiger partial charge in [0.15, 0.2) is 0 Å². The molecule has 1 fully saturated rings. The third-order valence-electron chi connectivity index (χ3n) is 5.51. The van der Waals surface area contributed by atoms with Gasteiger partial charge in [-0.25, -0.2) is 0 Å². The summed E-state index contributed by atoms with van der Waals surface area (Å²) in [5, 5.41) is 5.87. The van der Waals surface area contributed by atoms with E-state index in [0.29, 0.717) is 43.7 Å². The number of carbonyl (C=O) groups is 3. The predicted molar refractivity (Wildman–Crippen MR) is 121 cm³/mol.